The second-order valence-electron chi connectivity index (χ2n) is 10.5. The van der Waals surface area contributed by atoms with Gasteiger partial charge in [-0.3, -0.25) is 0 Å². The lowest BCUT2D eigenvalue weighted by Crippen LogP contribution is -2.12. The monoisotopic (exact) mass is 545 g/mol. The summed E-state index contributed by atoms with van der Waals surface area (Å²) in [5.41, 5.74) is 7.78. The Kier molecular flexibility index (Phi) is 7.64. The lowest BCUT2D eigenvalue weighted by Gasteiger charge is -2.18. The third kappa shape index (κ3) is 5.92. The van der Waals surface area contributed by atoms with E-state index in [0.29, 0.717) is 28.8 Å². The number of hydrogen-bond donors (Lipinski definition) is 1. The number of phenolic OH excluding ortho intramolecular Hbond substituents is 1. The summed E-state index contributed by atoms with van der Waals surface area (Å²) in [5, 5.41) is 11.0. The van der Waals surface area contributed by atoms with Crippen molar-refractivity contribution < 1.29 is 19.4 Å². The van der Waals surface area contributed by atoms with E-state index in [4.69, 9.17) is 24.4 Å². The molecule has 1 heterocycles. The molecule has 3 aromatic carbocycles. The van der Waals surface area contributed by atoms with Crippen molar-refractivity contribution in [1.29, 1.82) is 0 Å². The van der Waals surface area contributed by atoms with Crippen LogP contribution < -0.4 is 4.74 Å². The predicted molar refractivity (Wildman–Crippen MR) is 156 cm³/mol. The molecule has 7 nitrogen and oxygen atoms in total. The van der Waals surface area contributed by atoms with E-state index in [9.17, 15) is 9.90 Å². The molecule has 0 saturated heterocycles. The number of carbonyl (C=O) groups excluding carboxylic acids is 1. The van der Waals surface area contributed by atoms with Crippen LogP contribution in [0.4, 0.5) is 0 Å². The summed E-state index contributed by atoms with van der Waals surface area (Å²) < 4.78 is 10.2. The number of rotatable bonds is 6. The van der Waals surface area contributed by atoms with E-state index < -0.39 is 5.97 Å². The third-order valence-corrected chi connectivity index (χ3v) is 7.68. The van der Waals surface area contributed by atoms with E-state index in [1.165, 1.54) is 54.0 Å². The summed E-state index contributed by atoms with van der Waals surface area (Å²) in [7, 11) is 0. The highest BCUT2D eigenvalue weighted by atomic mass is 16.6. The van der Waals surface area contributed by atoms with Gasteiger partial charge in [-0.2, -0.15) is 0 Å². The summed E-state index contributed by atoms with van der Waals surface area (Å²) in [6.07, 6.45) is 11.4. The molecule has 1 N–H and O–H groups in total. The van der Waals surface area contributed by atoms with Crippen molar-refractivity contribution in [2.24, 2.45) is 0 Å². The fraction of sp³-hybridized carbons (Fsp3) is 0.294. The first-order valence-corrected chi connectivity index (χ1v) is 14.2. The zero-order chi connectivity index (χ0) is 28.2. The van der Waals surface area contributed by atoms with E-state index in [1.807, 2.05) is 0 Å². The highest BCUT2D eigenvalue weighted by Gasteiger charge is 2.19. The predicted octanol–water partition coefficient (Wildman–Crippen LogP) is 6.24. The Morgan fingerprint density at radius 1 is 0.756 bits per heavy atom. The molecule has 206 valence electrons. The van der Waals surface area contributed by atoms with Gasteiger partial charge in [0.1, 0.15) is 17.6 Å². The number of esters is 1. The Balaban J connectivity index is 1.38. The number of nitrogens with zero attached hydrogens (tertiary/aromatic N) is 3. The van der Waals surface area contributed by atoms with Gasteiger partial charge in [-0.25, -0.2) is 19.7 Å². The number of aromatic hydroxyl groups is 1. The quantitative estimate of drug-likeness (QED) is 0.226. The van der Waals surface area contributed by atoms with E-state index in [0.717, 1.165) is 36.8 Å². The molecule has 4 aromatic rings. The van der Waals surface area contributed by atoms with E-state index in [-0.39, 0.29) is 12.4 Å². The SMILES string of the molecule is CC#COC(=O)COc1ccc(-c2nc(-c3ccc4c(c3)CCCC4)nc(-c3ccc4c(c3)CCCC4)n2)c(O)c1. The number of hydrogen-bond acceptors (Lipinski definition) is 7. The summed E-state index contributed by atoms with van der Waals surface area (Å²) in [6.45, 7) is 1.24. The summed E-state index contributed by atoms with van der Waals surface area (Å²) in [5.74, 6) is 3.60. The fourth-order valence-corrected chi connectivity index (χ4v) is 5.57. The number of aryl methyl sites for hydroxylation is 4. The topological polar surface area (TPSA) is 94.4 Å². The van der Waals surface area contributed by atoms with Crippen LogP contribution in [0.3, 0.4) is 0 Å². The van der Waals surface area contributed by atoms with E-state index in [1.54, 1.807) is 19.1 Å². The van der Waals surface area contributed by atoms with Gasteiger partial charge in [-0.15, -0.1) is 0 Å². The molecule has 0 aliphatic heterocycles. The largest absolute Gasteiger partial charge is 0.507 e. The normalized spacial score (nSPS) is 13.8. The first-order valence-electron chi connectivity index (χ1n) is 14.2. The zero-order valence-corrected chi connectivity index (χ0v) is 23.1. The molecule has 41 heavy (non-hydrogen) atoms. The molecule has 0 amide bonds. The molecule has 2 aliphatic rings. The maximum atomic E-state index is 11.7. The molecular weight excluding hydrogens is 514 g/mol. The maximum absolute atomic E-state index is 11.7. The molecule has 0 radical (unpaired) electrons. The van der Waals surface area contributed by atoms with Crippen molar-refractivity contribution in [3.05, 3.63) is 76.9 Å². The van der Waals surface area contributed by atoms with Crippen LogP contribution in [0.5, 0.6) is 11.5 Å². The van der Waals surface area contributed by atoms with Crippen molar-refractivity contribution in [1.82, 2.24) is 15.0 Å². The van der Waals surface area contributed by atoms with Gasteiger partial charge in [-0.1, -0.05) is 30.2 Å². The van der Waals surface area contributed by atoms with Crippen LogP contribution in [-0.4, -0.2) is 32.6 Å². The van der Waals surface area contributed by atoms with Crippen LogP contribution in [0.1, 0.15) is 54.9 Å². The minimum atomic E-state index is -0.621. The minimum Gasteiger partial charge on any atom is -0.507 e. The first kappa shape index (κ1) is 26.5. The summed E-state index contributed by atoms with van der Waals surface area (Å²) >= 11 is 0. The second-order valence-corrected chi connectivity index (χ2v) is 10.5. The first-order chi connectivity index (χ1) is 20.1. The van der Waals surface area contributed by atoms with Crippen molar-refractivity contribution >= 4 is 5.97 Å². The maximum Gasteiger partial charge on any atom is 0.358 e. The molecule has 2 aliphatic carbocycles. The Bertz CT molecular complexity index is 1610. The molecule has 0 bridgehead atoms. The summed E-state index contributed by atoms with van der Waals surface area (Å²) in [4.78, 5) is 26.3. The molecular formula is C34H31N3O4. The van der Waals surface area contributed by atoms with Crippen LogP contribution in [0, 0.1) is 12.0 Å². The molecule has 0 atom stereocenters. The van der Waals surface area contributed by atoms with Crippen LogP contribution in [0.25, 0.3) is 34.2 Å². The Morgan fingerprint density at radius 3 is 1.88 bits per heavy atom. The van der Waals surface area contributed by atoms with Crippen molar-refractivity contribution in [2.75, 3.05) is 6.61 Å². The third-order valence-electron chi connectivity index (χ3n) is 7.68. The van der Waals surface area contributed by atoms with Gasteiger partial charge in [0.05, 0.1) is 5.56 Å². The van der Waals surface area contributed by atoms with Crippen molar-refractivity contribution in [3.63, 3.8) is 0 Å². The number of aromatic nitrogens is 3. The number of fused-ring (bicyclic) bond motifs is 2. The highest BCUT2D eigenvalue weighted by Crippen LogP contribution is 2.34. The van der Waals surface area contributed by atoms with E-state index >= 15 is 0 Å². The van der Waals surface area contributed by atoms with Crippen molar-refractivity contribution in [3.8, 4) is 57.7 Å². The number of benzene rings is 3. The Morgan fingerprint density at radius 2 is 1.32 bits per heavy atom. The standard InChI is InChI=1S/C34H31N3O4/c1-2-17-40-31(39)21-41-28-15-16-29(30(38)20-28)34-36-32(26-13-11-22-7-3-5-9-24(22)18-26)35-33(37-34)27-14-12-23-8-4-6-10-25(23)19-27/h11-16,18-20,38H,3-10,21H2,1H3. The van der Waals surface area contributed by atoms with Gasteiger partial charge in [0.15, 0.2) is 24.1 Å². The van der Waals surface area contributed by atoms with Crippen LogP contribution >= 0.6 is 0 Å². The second kappa shape index (κ2) is 11.8. The highest BCUT2D eigenvalue weighted by molar-refractivity contribution is 5.73. The van der Waals surface area contributed by atoms with Crippen LogP contribution in [0.2, 0.25) is 0 Å². The van der Waals surface area contributed by atoms with Gasteiger partial charge >= 0.3 is 5.97 Å². The number of phenols is 1. The number of carbonyl (C=O) groups is 1. The van der Waals surface area contributed by atoms with Gasteiger partial charge < -0.3 is 14.6 Å². The molecule has 0 saturated carbocycles. The van der Waals surface area contributed by atoms with Crippen molar-refractivity contribution in [2.45, 2.75) is 58.3 Å². The average Bonchev–Trinajstić information content (AvgIpc) is 3.02. The molecule has 0 spiro atoms. The molecule has 6 rings (SSSR count). The fourth-order valence-electron chi connectivity index (χ4n) is 5.57. The van der Waals surface area contributed by atoms with E-state index in [2.05, 4.69) is 48.4 Å². The average molecular weight is 546 g/mol. The zero-order valence-electron chi connectivity index (χ0n) is 23.1. The van der Waals surface area contributed by atoms with Gasteiger partial charge in [0, 0.05) is 24.1 Å². The smallest absolute Gasteiger partial charge is 0.358 e. The Labute approximate surface area is 239 Å². The van der Waals surface area contributed by atoms with Crippen LogP contribution in [-0.2, 0) is 35.2 Å². The number of ether oxygens (including phenoxy) is 2. The lowest BCUT2D eigenvalue weighted by molar-refractivity contribution is -0.139. The van der Waals surface area contributed by atoms with Gasteiger partial charge in [-0.05, 0) is 97.9 Å². The molecule has 0 unspecified atom stereocenters. The summed E-state index contributed by atoms with van der Waals surface area (Å²) in [6, 6.07) is 17.7. The lowest BCUT2D eigenvalue weighted by atomic mass is 9.90. The Hall–Kier alpha value is -4.70. The van der Waals surface area contributed by atoms with Gasteiger partial charge in [0.25, 0.3) is 0 Å². The minimum absolute atomic E-state index is 0.0665. The molecule has 1 aromatic heterocycles. The van der Waals surface area contributed by atoms with Crippen LogP contribution in [0.15, 0.2) is 54.6 Å². The molecule has 7 heteroatoms. The molecule has 0 fully saturated rings. The van der Waals surface area contributed by atoms with Gasteiger partial charge in [0.2, 0.25) is 0 Å².